The van der Waals surface area contributed by atoms with E-state index in [1.165, 1.54) is 36.9 Å². The average molecular weight is 456 g/mol. The van der Waals surface area contributed by atoms with E-state index >= 15 is 0 Å². The van der Waals surface area contributed by atoms with Gasteiger partial charge in [-0.15, -0.1) is 11.8 Å². The minimum absolute atomic E-state index is 0.0591. The molecule has 0 saturated carbocycles. The number of nitro groups is 1. The van der Waals surface area contributed by atoms with E-state index in [9.17, 15) is 20.0 Å². The smallest absolute Gasteiger partial charge is 0.347 e. The summed E-state index contributed by atoms with van der Waals surface area (Å²) in [5.41, 5.74) is -1.42. The molecule has 144 valence electrons. The summed E-state index contributed by atoms with van der Waals surface area (Å²) in [4.78, 5) is 22.6. The number of aliphatic carboxylic acids is 1. The Balaban J connectivity index is 2.34. The van der Waals surface area contributed by atoms with Gasteiger partial charge >= 0.3 is 5.97 Å². The summed E-state index contributed by atoms with van der Waals surface area (Å²) >= 11 is 4.68. The fourth-order valence-electron chi connectivity index (χ4n) is 2.12. The number of hydrogen-bond donors (Lipinski definition) is 1. The van der Waals surface area contributed by atoms with Crippen molar-refractivity contribution in [3.05, 3.63) is 51.0 Å². The van der Waals surface area contributed by atoms with Crippen LogP contribution in [0, 0.1) is 10.1 Å². The second-order valence-corrected chi connectivity index (χ2v) is 7.48. The highest BCUT2D eigenvalue weighted by Crippen LogP contribution is 2.38. The molecule has 2 aromatic carbocycles. The SMILES string of the molecule is CCC(C)(Oc1cc(Oc2ccc([N+](=O)[O-])cc2Br)ccc1SC)C(=O)O. The monoisotopic (exact) mass is 455 g/mol. The van der Waals surface area contributed by atoms with Crippen LogP contribution in [0.5, 0.6) is 17.2 Å². The molecule has 2 aromatic rings. The summed E-state index contributed by atoms with van der Waals surface area (Å²) in [5.74, 6) is 0.146. The van der Waals surface area contributed by atoms with Gasteiger partial charge in [0.05, 0.1) is 9.40 Å². The van der Waals surface area contributed by atoms with Crippen LogP contribution >= 0.6 is 27.7 Å². The first kappa shape index (κ1) is 21.0. The predicted molar refractivity (Wildman–Crippen MR) is 106 cm³/mol. The molecule has 27 heavy (non-hydrogen) atoms. The molecule has 0 aliphatic heterocycles. The van der Waals surface area contributed by atoms with Crippen LogP contribution in [0.3, 0.4) is 0 Å². The van der Waals surface area contributed by atoms with E-state index in [0.29, 0.717) is 21.7 Å². The zero-order chi connectivity index (χ0) is 20.2. The fraction of sp³-hybridized carbons (Fsp3) is 0.278. The van der Waals surface area contributed by atoms with Gasteiger partial charge in [-0.3, -0.25) is 10.1 Å². The fourth-order valence-corrected chi connectivity index (χ4v) is 3.08. The van der Waals surface area contributed by atoms with Gasteiger partial charge in [0.15, 0.2) is 0 Å². The lowest BCUT2D eigenvalue weighted by Gasteiger charge is -2.26. The number of nitro benzene ring substituents is 1. The maximum Gasteiger partial charge on any atom is 0.347 e. The molecular weight excluding hydrogens is 438 g/mol. The number of ether oxygens (including phenoxy) is 2. The van der Waals surface area contributed by atoms with Gasteiger partial charge in [0.25, 0.3) is 5.69 Å². The van der Waals surface area contributed by atoms with Gasteiger partial charge in [-0.25, -0.2) is 4.79 Å². The summed E-state index contributed by atoms with van der Waals surface area (Å²) in [6.07, 6.45) is 2.15. The lowest BCUT2D eigenvalue weighted by Crippen LogP contribution is -2.40. The van der Waals surface area contributed by atoms with E-state index in [1.807, 2.05) is 6.26 Å². The van der Waals surface area contributed by atoms with E-state index < -0.39 is 16.5 Å². The number of carboxylic acids is 1. The van der Waals surface area contributed by atoms with Crippen molar-refractivity contribution in [2.24, 2.45) is 0 Å². The molecule has 1 N–H and O–H groups in total. The Bertz CT molecular complexity index is 875. The predicted octanol–water partition coefficient (Wildman–Crippen LogP) is 5.50. The largest absolute Gasteiger partial charge is 0.478 e. The van der Waals surface area contributed by atoms with Crippen molar-refractivity contribution in [3.63, 3.8) is 0 Å². The van der Waals surface area contributed by atoms with Crippen LogP contribution in [-0.4, -0.2) is 27.9 Å². The number of hydrogen-bond acceptors (Lipinski definition) is 6. The molecule has 0 spiro atoms. The van der Waals surface area contributed by atoms with Gasteiger partial charge < -0.3 is 14.6 Å². The Morgan fingerprint density at radius 2 is 2.00 bits per heavy atom. The molecule has 2 rings (SSSR count). The molecule has 0 aromatic heterocycles. The van der Waals surface area contributed by atoms with Crippen molar-refractivity contribution < 1.29 is 24.3 Å². The molecule has 0 heterocycles. The molecular formula is C18H18BrNO6S. The first-order chi connectivity index (χ1) is 12.7. The van der Waals surface area contributed by atoms with E-state index in [-0.39, 0.29) is 12.1 Å². The summed E-state index contributed by atoms with van der Waals surface area (Å²) < 4.78 is 12.0. The van der Waals surface area contributed by atoms with Crippen LogP contribution in [0.25, 0.3) is 0 Å². The second-order valence-electron chi connectivity index (χ2n) is 5.78. The lowest BCUT2D eigenvalue weighted by atomic mass is 10.0. The minimum atomic E-state index is -1.36. The number of halogens is 1. The molecule has 1 atom stereocenters. The Morgan fingerprint density at radius 1 is 1.30 bits per heavy atom. The number of thioether (sulfide) groups is 1. The third kappa shape index (κ3) is 4.92. The van der Waals surface area contributed by atoms with Crippen LogP contribution < -0.4 is 9.47 Å². The van der Waals surface area contributed by atoms with Crippen LogP contribution in [-0.2, 0) is 4.79 Å². The van der Waals surface area contributed by atoms with Crippen molar-refractivity contribution in [2.45, 2.75) is 30.8 Å². The van der Waals surface area contributed by atoms with Crippen molar-refractivity contribution in [1.29, 1.82) is 0 Å². The highest BCUT2D eigenvalue weighted by Gasteiger charge is 2.34. The van der Waals surface area contributed by atoms with E-state index in [4.69, 9.17) is 9.47 Å². The molecule has 0 saturated heterocycles. The van der Waals surface area contributed by atoms with E-state index in [2.05, 4.69) is 15.9 Å². The number of rotatable bonds is 8. The molecule has 7 nitrogen and oxygen atoms in total. The summed E-state index contributed by atoms with van der Waals surface area (Å²) in [6, 6.07) is 9.27. The Kier molecular flexibility index (Phi) is 6.72. The van der Waals surface area contributed by atoms with Crippen LogP contribution in [0.1, 0.15) is 20.3 Å². The number of non-ortho nitro benzene ring substituents is 1. The van der Waals surface area contributed by atoms with Gasteiger partial charge in [0.1, 0.15) is 17.2 Å². The van der Waals surface area contributed by atoms with Crippen LogP contribution in [0.2, 0.25) is 0 Å². The molecule has 0 aliphatic rings. The number of carbonyl (C=O) groups is 1. The summed E-state index contributed by atoms with van der Waals surface area (Å²) in [6.45, 7) is 3.25. The van der Waals surface area contributed by atoms with Gasteiger partial charge in [0, 0.05) is 23.1 Å². The van der Waals surface area contributed by atoms with Crippen LogP contribution in [0.15, 0.2) is 45.8 Å². The Morgan fingerprint density at radius 3 is 2.52 bits per heavy atom. The molecule has 9 heteroatoms. The van der Waals surface area contributed by atoms with Crippen molar-refractivity contribution in [3.8, 4) is 17.2 Å². The first-order valence-corrected chi connectivity index (χ1v) is 9.94. The molecule has 0 bridgehead atoms. The Labute approximate surface area is 169 Å². The summed E-state index contributed by atoms with van der Waals surface area (Å²) in [7, 11) is 0. The molecule has 0 amide bonds. The average Bonchev–Trinajstić information content (AvgIpc) is 2.63. The zero-order valence-corrected chi connectivity index (χ0v) is 17.3. The topological polar surface area (TPSA) is 98.9 Å². The van der Waals surface area contributed by atoms with Crippen molar-refractivity contribution >= 4 is 39.3 Å². The highest BCUT2D eigenvalue weighted by atomic mass is 79.9. The third-order valence-electron chi connectivity index (χ3n) is 3.95. The van der Waals surface area contributed by atoms with Crippen molar-refractivity contribution in [1.82, 2.24) is 0 Å². The quantitative estimate of drug-likeness (QED) is 0.318. The normalized spacial score (nSPS) is 12.9. The van der Waals surface area contributed by atoms with E-state index in [1.54, 1.807) is 25.1 Å². The van der Waals surface area contributed by atoms with E-state index in [0.717, 1.165) is 4.90 Å². The Hall–Kier alpha value is -2.26. The van der Waals surface area contributed by atoms with Gasteiger partial charge in [-0.2, -0.15) is 0 Å². The minimum Gasteiger partial charge on any atom is -0.478 e. The van der Waals surface area contributed by atoms with Gasteiger partial charge in [-0.1, -0.05) is 6.92 Å². The molecule has 0 fully saturated rings. The number of benzene rings is 2. The van der Waals surface area contributed by atoms with Crippen molar-refractivity contribution in [2.75, 3.05) is 6.26 Å². The van der Waals surface area contributed by atoms with Gasteiger partial charge in [-0.05, 0) is 53.7 Å². The number of carboxylic acid groups (broad SMARTS) is 1. The maximum absolute atomic E-state index is 11.5. The highest BCUT2D eigenvalue weighted by molar-refractivity contribution is 9.10. The number of nitrogens with zero attached hydrogens (tertiary/aromatic N) is 1. The third-order valence-corrected chi connectivity index (χ3v) is 5.35. The summed E-state index contributed by atoms with van der Waals surface area (Å²) in [5, 5.41) is 20.3. The molecule has 0 radical (unpaired) electrons. The standard InChI is InChI=1S/C18H18BrNO6S/c1-4-18(2,17(21)22)26-15-10-12(6-8-16(15)27-3)25-14-7-5-11(20(23)24)9-13(14)19/h5-10H,4H2,1-3H3,(H,21,22). The molecule has 1 unspecified atom stereocenters. The first-order valence-electron chi connectivity index (χ1n) is 7.92. The van der Waals surface area contributed by atoms with Gasteiger partial charge in [0.2, 0.25) is 5.60 Å². The lowest BCUT2D eigenvalue weighted by molar-refractivity contribution is -0.384. The molecule has 0 aliphatic carbocycles. The maximum atomic E-state index is 11.5. The second kappa shape index (κ2) is 8.62. The van der Waals surface area contributed by atoms with Crippen LogP contribution in [0.4, 0.5) is 5.69 Å². The zero-order valence-electron chi connectivity index (χ0n) is 14.9.